The van der Waals surface area contributed by atoms with Gasteiger partial charge in [0, 0.05) is 19.1 Å². The minimum absolute atomic E-state index is 0.0232. The number of hydrogen-bond acceptors (Lipinski definition) is 2. The zero-order chi connectivity index (χ0) is 14.9. The highest BCUT2D eigenvalue weighted by molar-refractivity contribution is 5.15. The zero-order valence-electron chi connectivity index (χ0n) is 12.0. The normalized spacial score (nSPS) is 25.2. The molecule has 3 rings (SSSR count). The van der Waals surface area contributed by atoms with Crippen LogP contribution in [-0.4, -0.2) is 42.3 Å². The fourth-order valence-corrected chi connectivity index (χ4v) is 3.11. The van der Waals surface area contributed by atoms with E-state index in [1.165, 1.54) is 5.56 Å². The predicted octanol–water partition coefficient (Wildman–Crippen LogP) is 2.99. The molecule has 1 saturated heterocycles. The third-order valence-corrected chi connectivity index (χ3v) is 4.60. The summed E-state index contributed by atoms with van der Waals surface area (Å²) in [5.74, 6) is 0. The molecular formula is C16H21F3N2. The highest BCUT2D eigenvalue weighted by atomic mass is 19.4. The van der Waals surface area contributed by atoms with E-state index in [2.05, 4.69) is 22.3 Å². The van der Waals surface area contributed by atoms with Crippen molar-refractivity contribution in [2.45, 2.75) is 43.4 Å². The van der Waals surface area contributed by atoms with E-state index < -0.39 is 11.7 Å². The van der Waals surface area contributed by atoms with Crippen LogP contribution >= 0.6 is 0 Å². The van der Waals surface area contributed by atoms with Crippen molar-refractivity contribution in [3.63, 3.8) is 0 Å². The summed E-state index contributed by atoms with van der Waals surface area (Å²) in [6, 6.07) is 10.2. The van der Waals surface area contributed by atoms with Gasteiger partial charge in [-0.2, -0.15) is 13.2 Å². The number of likely N-dealkylation sites (tertiary alicyclic amines) is 1. The Labute approximate surface area is 123 Å². The maximum Gasteiger partial charge on any atom is 0.406 e. The lowest BCUT2D eigenvalue weighted by atomic mass is 10.1. The van der Waals surface area contributed by atoms with E-state index >= 15 is 0 Å². The average molecular weight is 298 g/mol. The molecule has 1 aromatic carbocycles. The molecule has 1 saturated carbocycles. The summed E-state index contributed by atoms with van der Waals surface area (Å²) in [6.07, 6.45) is -1.87. The van der Waals surface area contributed by atoms with Crippen molar-refractivity contribution >= 4 is 0 Å². The van der Waals surface area contributed by atoms with E-state index in [0.717, 1.165) is 32.5 Å². The maximum absolute atomic E-state index is 12.9. The van der Waals surface area contributed by atoms with Crippen LogP contribution in [0, 0.1) is 0 Å². The van der Waals surface area contributed by atoms with E-state index in [1.807, 2.05) is 18.2 Å². The largest absolute Gasteiger partial charge is 0.406 e. The van der Waals surface area contributed by atoms with E-state index in [4.69, 9.17) is 0 Å². The van der Waals surface area contributed by atoms with Gasteiger partial charge in [-0.25, -0.2) is 0 Å². The molecule has 21 heavy (non-hydrogen) atoms. The van der Waals surface area contributed by atoms with E-state index in [0.29, 0.717) is 0 Å². The number of halogens is 3. The number of hydrogen-bond donors (Lipinski definition) is 1. The van der Waals surface area contributed by atoms with E-state index in [1.54, 1.807) is 0 Å². The quantitative estimate of drug-likeness (QED) is 0.899. The first-order chi connectivity index (χ1) is 9.98. The second-order valence-electron chi connectivity index (χ2n) is 6.25. The predicted molar refractivity (Wildman–Crippen MR) is 76.1 cm³/mol. The van der Waals surface area contributed by atoms with Crippen molar-refractivity contribution < 1.29 is 13.2 Å². The monoisotopic (exact) mass is 298 g/mol. The number of benzene rings is 1. The van der Waals surface area contributed by atoms with Gasteiger partial charge in [-0.05, 0) is 37.8 Å². The molecule has 0 amide bonds. The Morgan fingerprint density at radius 1 is 1.19 bits per heavy atom. The minimum atomic E-state index is -4.11. The molecule has 1 aliphatic heterocycles. The fourth-order valence-electron chi connectivity index (χ4n) is 3.11. The maximum atomic E-state index is 12.9. The first-order valence-corrected chi connectivity index (χ1v) is 7.59. The number of alkyl halides is 3. The lowest BCUT2D eigenvalue weighted by molar-refractivity contribution is -0.167. The first-order valence-electron chi connectivity index (χ1n) is 7.59. The summed E-state index contributed by atoms with van der Waals surface area (Å²) >= 11 is 0. The summed E-state index contributed by atoms with van der Waals surface area (Å²) in [4.78, 5) is 2.26. The highest BCUT2D eigenvalue weighted by Gasteiger charge is 2.63. The van der Waals surface area contributed by atoms with Gasteiger partial charge in [0.05, 0.1) is 0 Å². The van der Waals surface area contributed by atoms with Gasteiger partial charge in [0.15, 0.2) is 0 Å². The van der Waals surface area contributed by atoms with Gasteiger partial charge in [0.2, 0.25) is 0 Å². The third-order valence-electron chi connectivity index (χ3n) is 4.60. The summed E-state index contributed by atoms with van der Waals surface area (Å²) in [5.41, 5.74) is -0.296. The van der Waals surface area contributed by atoms with Crippen LogP contribution in [0.4, 0.5) is 13.2 Å². The molecule has 1 aliphatic carbocycles. The van der Waals surface area contributed by atoms with Gasteiger partial charge in [-0.1, -0.05) is 30.3 Å². The first kappa shape index (κ1) is 14.9. The van der Waals surface area contributed by atoms with Gasteiger partial charge >= 0.3 is 6.18 Å². The molecule has 0 aromatic heterocycles. The van der Waals surface area contributed by atoms with E-state index in [9.17, 15) is 13.2 Å². The SMILES string of the molecule is FC(F)(F)C1(NC2CCN(CCc3ccccc3)C2)CC1. The van der Waals surface area contributed by atoms with Crippen LogP contribution in [0.5, 0.6) is 0 Å². The lowest BCUT2D eigenvalue weighted by Crippen LogP contribution is -2.50. The minimum Gasteiger partial charge on any atom is -0.301 e. The van der Waals surface area contributed by atoms with Crippen LogP contribution in [0.3, 0.4) is 0 Å². The van der Waals surface area contributed by atoms with Crippen molar-refractivity contribution in [1.29, 1.82) is 0 Å². The van der Waals surface area contributed by atoms with Crippen molar-refractivity contribution in [3.8, 4) is 0 Å². The zero-order valence-corrected chi connectivity index (χ0v) is 12.0. The van der Waals surface area contributed by atoms with Gasteiger partial charge < -0.3 is 4.90 Å². The second-order valence-corrected chi connectivity index (χ2v) is 6.25. The molecule has 1 heterocycles. The Morgan fingerprint density at radius 3 is 2.52 bits per heavy atom. The molecule has 0 spiro atoms. The average Bonchev–Trinajstić information content (AvgIpc) is 3.10. The number of nitrogens with zero attached hydrogens (tertiary/aromatic N) is 1. The smallest absolute Gasteiger partial charge is 0.301 e. The Kier molecular flexibility index (Phi) is 3.97. The molecular weight excluding hydrogens is 277 g/mol. The second kappa shape index (κ2) is 5.61. The summed E-state index contributed by atoms with van der Waals surface area (Å²) in [5, 5.41) is 2.87. The van der Waals surface area contributed by atoms with Crippen LogP contribution in [0.2, 0.25) is 0 Å². The molecule has 0 radical (unpaired) electrons. The van der Waals surface area contributed by atoms with Crippen molar-refractivity contribution in [2.75, 3.05) is 19.6 Å². The molecule has 2 fully saturated rings. The summed E-state index contributed by atoms with van der Waals surface area (Å²) < 4.78 is 38.8. The van der Waals surface area contributed by atoms with Crippen molar-refractivity contribution in [3.05, 3.63) is 35.9 Å². The topological polar surface area (TPSA) is 15.3 Å². The van der Waals surface area contributed by atoms with Gasteiger partial charge in [0.25, 0.3) is 0 Å². The Bertz CT molecular complexity index is 468. The molecule has 116 valence electrons. The highest BCUT2D eigenvalue weighted by Crippen LogP contribution is 2.49. The number of rotatable bonds is 5. The Balaban J connectivity index is 1.46. The molecule has 1 unspecified atom stereocenters. The molecule has 1 aromatic rings. The fraction of sp³-hybridized carbons (Fsp3) is 0.625. The molecule has 1 atom stereocenters. The van der Waals surface area contributed by atoms with E-state index in [-0.39, 0.29) is 18.9 Å². The summed E-state index contributed by atoms with van der Waals surface area (Å²) in [6.45, 7) is 2.53. The molecule has 2 nitrogen and oxygen atoms in total. The number of nitrogens with one attached hydrogen (secondary N) is 1. The molecule has 0 bridgehead atoms. The Morgan fingerprint density at radius 2 is 1.90 bits per heavy atom. The van der Waals surface area contributed by atoms with Crippen LogP contribution in [-0.2, 0) is 6.42 Å². The molecule has 5 heteroatoms. The van der Waals surface area contributed by atoms with Gasteiger partial charge in [-0.15, -0.1) is 0 Å². The van der Waals surface area contributed by atoms with Gasteiger partial charge in [-0.3, -0.25) is 5.32 Å². The lowest BCUT2D eigenvalue weighted by Gasteiger charge is -2.25. The van der Waals surface area contributed by atoms with Crippen LogP contribution < -0.4 is 5.32 Å². The van der Waals surface area contributed by atoms with Crippen molar-refractivity contribution in [2.24, 2.45) is 0 Å². The van der Waals surface area contributed by atoms with Crippen molar-refractivity contribution in [1.82, 2.24) is 10.2 Å². The van der Waals surface area contributed by atoms with Gasteiger partial charge in [0.1, 0.15) is 5.54 Å². The third kappa shape index (κ3) is 3.40. The molecule has 1 N–H and O–H groups in total. The van der Waals surface area contributed by atoms with Crippen LogP contribution in [0.1, 0.15) is 24.8 Å². The Hall–Kier alpha value is -1.07. The molecule has 2 aliphatic rings. The van der Waals surface area contributed by atoms with Crippen LogP contribution in [0.25, 0.3) is 0 Å². The van der Waals surface area contributed by atoms with Crippen LogP contribution in [0.15, 0.2) is 30.3 Å². The standard InChI is InChI=1S/C16H21F3N2/c17-16(18,19)15(8-9-15)20-14-7-11-21(12-14)10-6-13-4-2-1-3-5-13/h1-5,14,20H,6-12H2. The summed E-state index contributed by atoms with van der Waals surface area (Å²) in [7, 11) is 0.